The molecule has 0 aliphatic carbocycles. The Hall–Kier alpha value is -1.50. The third-order valence-corrected chi connectivity index (χ3v) is 1.72. The molecule has 54 valence electrons. The fourth-order valence-electron chi connectivity index (χ4n) is 1.17. The maximum absolute atomic E-state index is 10.9. The maximum atomic E-state index is 10.9. The summed E-state index contributed by atoms with van der Waals surface area (Å²) in [6.07, 6.45) is 0. The minimum atomic E-state index is 0.0729. The highest BCUT2D eigenvalue weighted by atomic mass is 16.3. The van der Waals surface area contributed by atoms with Gasteiger partial charge in [-0.2, -0.15) is 0 Å². The number of hydrogen-bond acceptors (Lipinski definition) is 1. The zero-order chi connectivity index (χ0) is 7.68. The van der Waals surface area contributed by atoms with Crippen LogP contribution in [0.4, 0.5) is 0 Å². The van der Waals surface area contributed by atoms with E-state index >= 15 is 0 Å². The number of hydrogen-bond donors (Lipinski definition) is 0. The van der Waals surface area contributed by atoms with Gasteiger partial charge < -0.3 is 5.11 Å². The molecule has 0 bridgehead atoms. The maximum Gasteiger partial charge on any atom is -0.0184 e. The van der Waals surface area contributed by atoms with E-state index in [2.05, 4.69) is 0 Å². The molecule has 0 fully saturated rings. The van der Waals surface area contributed by atoms with Gasteiger partial charge in [-0.05, 0) is 10.8 Å². The zero-order valence-electron chi connectivity index (χ0n) is 5.95. The molecule has 11 heavy (non-hydrogen) atoms. The van der Waals surface area contributed by atoms with Crippen LogP contribution in [0.3, 0.4) is 0 Å². The van der Waals surface area contributed by atoms with Crippen molar-refractivity contribution in [3.8, 4) is 5.75 Å². The molecule has 0 aliphatic heterocycles. The average molecular weight is 143 g/mol. The minimum absolute atomic E-state index is 0.0729. The van der Waals surface area contributed by atoms with Crippen LogP contribution in [-0.2, 0) is 0 Å². The molecule has 1 heteroatoms. The lowest BCUT2D eigenvalue weighted by molar-refractivity contribution is -0.268. The highest BCUT2D eigenvalue weighted by Gasteiger charge is 1.87. The lowest BCUT2D eigenvalue weighted by atomic mass is 10.1. The molecular weight excluding hydrogens is 136 g/mol. The fourth-order valence-corrected chi connectivity index (χ4v) is 1.17. The van der Waals surface area contributed by atoms with Gasteiger partial charge in [0.05, 0.1) is 0 Å². The molecule has 0 heterocycles. The van der Waals surface area contributed by atoms with Gasteiger partial charge >= 0.3 is 0 Å². The van der Waals surface area contributed by atoms with Gasteiger partial charge in [-0.25, -0.2) is 0 Å². The van der Waals surface area contributed by atoms with Crippen LogP contribution in [-0.4, -0.2) is 0 Å². The summed E-state index contributed by atoms with van der Waals surface area (Å²) in [7, 11) is 0. The molecule has 0 atom stereocenters. The summed E-state index contributed by atoms with van der Waals surface area (Å²) in [6, 6.07) is 12.9. The van der Waals surface area contributed by atoms with Gasteiger partial charge in [0.2, 0.25) is 0 Å². The van der Waals surface area contributed by atoms with Crippen molar-refractivity contribution in [2.24, 2.45) is 0 Å². The Labute approximate surface area is 64.9 Å². The Morgan fingerprint density at radius 1 is 0.818 bits per heavy atom. The molecule has 0 aliphatic rings. The van der Waals surface area contributed by atoms with Crippen LogP contribution in [0.25, 0.3) is 10.8 Å². The second-order valence-electron chi connectivity index (χ2n) is 2.51. The first-order chi connectivity index (χ1) is 5.36. The Balaban J connectivity index is 2.83. The van der Waals surface area contributed by atoms with E-state index in [1.165, 1.54) is 0 Å². The van der Waals surface area contributed by atoms with E-state index in [0.29, 0.717) is 0 Å². The summed E-state index contributed by atoms with van der Waals surface area (Å²) in [5.74, 6) is 0.0729. The largest absolute Gasteiger partial charge is 0.872 e. The molecule has 2 aromatic carbocycles. The highest BCUT2D eigenvalue weighted by Crippen LogP contribution is 2.16. The monoisotopic (exact) mass is 143 g/mol. The Kier molecular flexibility index (Phi) is 1.29. The van der Waals surface area contributed by atoms with Crippen LogP contribution in [0.5, 0.6) is 5.75 Å². The van der Waals surface area contributed by atoms with Crippen LogP contribution < -0.4 is 5.11 Å². The van der Waals surface area contributed by atoms with Crippen molar-refractivity contribution in [1.82, 2.24) is 0 Å². The molecule has 2 rings (SSSR count). The first-order valence-corrected chi connectivity index (χ1v) is 3.52. The molecule has 2 aromatic rings. The van der Waals surface area contributed by atoms with Crippen molar-refractivity contribution in [1.29, 1.82) is 0 Å². The summed E-state index contributed by atoms with van der Waals surface area (Å²) < 4.78 is 0. The van der Waals surface area contributed by atoms with E-state index in [-0.39, 0.29) is 5.75 Å². The SMILES string of the molecule is [O-]c1ccc2ccccc2c1. The van der Waals surface area contributed by atoms with Crippen molar-refractivity contribution in [3.05, 3.63) is 42.5 Å². The van der Waals surface area contributed by atoms with E-state index in [1.807, 2.05) is 30.3 Å². The van der Waals surface area contributed by atoms with Gasteiger partial charge in [0.15, 0.2) is 0 Å². The molecule has 0 spiro atoms. The van der Waals surface area contributed by atoms with Gasteiger partial charge in [0, 0.05) is 0 Å². The van der Waals surface area contributed by atoms with Gasteiger partial charge in [0.1, 0.15) is 0 Å². The van der Waals surface area contributed by atoms with Gasteiger partial charge in [0.25, 0.3) is 0 Å². The third kappa shape index (κ3) is 1.05. The van der Waals surface area contributed by atoms with Crippen LogP contribution >= 0.6 is 0 Å². The molecule has 0 aromatic heterocycles. The molecule has 0 saturated carbocycles. The summed E-state index contributed by atoms with van der Waals surface area (Å²) in [6.45, 7) is 0. The molecule has 0 radical (unpaired) electrons. The first kappa shape index (κ1) is 6.23. The Morgan fingerprint density at radius 2 is 1.55 bits per heavy atom. The molecular formula is C10H7O-. The van der Waals surface area contributed by atoms with Crippen molar-refractivity contribution >= 4 is 10.8 Å². The van der Waals surface area contributed by atoms with Crippen molar-refractivity contribution in [2.75, 3.05) is 0 Å². The summed E-state index contributed by atoms with van der Waals surface area (Å²) in [4.78, 5) is 0. The van der Waals surface area contributed by atoms with Gasteiger partial charge in [-0.1, -0.05) is 42.5 Å². The third-order valence-electron chi connectivity index (χ3n) is 1.72. The molecule has 0 N–H and O–H groups in total. The Morgan fingerprint density at radius 3 is 2.36 bits per heavy atom. The van der Waals surface area contributed by atoms with Gasteiger partial charge in [-0.3, -0.25) is 0 Å². The second-order valence-corrected chi connectivity index (χ2v) is 2.51. The molecule has 0 amide bonds. The standard InChI is InChI=1S/C10H8O/c11-10-6-5-8-3-1-2-4-9(8)7-10/h1-7,11H/p-1. The smallest absolute Gasteiger partial charge is 0.0184 e. The van der Waals surface area contributed by atoms with E-state index in [1.54, 1.807) is 12.1 Å². The van der Waals surface area contributed by atoms with Crippen molar-refractivity contribution < 1.29 is 5.11 Å². The first-order valence-electron chi connectivity index (χ1n) is 3.52. The van der Waals surface area contributed by atoms with Crippen LogP contribution in [0.15, 0.2) is 42.5 Å². The van der Waals surface area contributed by atoms with E-state index in [9.17, 15) is 5.11 Å². The normalized spacial score (nSPS) is 10.2. The van der Waals surface area contributed by atoms with Gasteiger partial charge in [-0.15, -0.1) is 5.75 Å². The zero-order valence-corrected chi connectivity index (χ0v) is 5.95. The predicted octanol–water partition coefficient (Wildman–Crippen LogP) is 1.91. The van der Waals surface area contributed by atoms with Crippen LogP contribution in [0.1, 0.15) is 0 Å². The highest BCUT2D eigenvalue weighted by molar-refractivity contribution is 5.83. The minimum Gasteiger partial charge on any atom is -0.872 e. The van der Waals surface area contributed by atoms with Crippen LogP contribution in [0, 0.1) is 0 Å². The van der Waals surface area contributed by atoms with Crippen molar-refractivity contribution in [2.45, 2.75) is 0 Å². The van der Waals surface area contributed by atoms with E-state index in [4.69, 9.17) is 0 Å². The molecule has 1 nitrogen and oxygen atoms in total. The number of fused-ring (bicyclic) bond motifs is 1. The summed E-state index contributed by atoms with van der Waals surface area (Å²) in [5.41, 5.74) is 0. The summed E-state index contributed by atoms with van der Waals surface area (Å²) in [5, 5.41) is 13.0. The fraction of sp³-hybridized carbons (Fsp3) is 0. The molecule has 0 unspecified atom stereocenters. The number of benzene rings is 2. The lowest BCUT2D eigenvalue weighted by Crippen LogP contribution is -1.87. The lowest BCUT2D eigenvalue weighted by Gasteiger charge is -2.04. The number of rotatable bonds is 0. The molecule has 0 saturated heterocycles. The Bertz CT molecular complexity index is 379. The quantitative estimate of drug-likeness (QED) is 0.552. The van der Waals surface area contributed by atoms with Crippen molar-refractivity contribution in [3.63, 3.8) is 0 Å². The summed E-state index contributed by atoms with van der Waals surface area (Å²) >= 11 is 0. The predicted molar refractivity (Wildman–Crippen MR) is 43.4 cm³/mol. The van der Waals surface area contributed by atoms with E-state index < -0.39 is 0 Å². The average Bonchev–Trinajstić information content (AvgIpc) is 2.04. The topological polar surface area (TPSA) is 23.1 Å². The van der Waals surface area contributed by atoms with Crippen LogP contribution in [0.2, 0.25) is 0 Å². The second kappa shape index (κ2) is 2.27. The van der Waals surface area contributed by atoms with E-state index in [0.717, 1.165) is 10.8 Å².